The van der Waals surface area contributed by atoms with Crippen LogP contribution in [0.3, 0.4) is 0 Å². The van der Waals surface area contributed by atoms with E-state index in [1.54, 1.807) is 12.4 Å². The summed E-state index contributed by atoms with van der Waals surface area (Å²) in [5.41, 5.74) is 0.963. The van der Waals surface area contributed by atoms with Gasteiger partial charge in [0.15, 0.2) is 0 Å². The Morgan fingerprint density at radius 2 is 2.27 bits per heavy atom. The van der Waals surface area contributed by atoms with Gasteiger partial charge >= 0.3 is 0 Å². The highest BCUT2D eigenvalue weighted by Crippen LogP contribution is 2.17. The maximum atomic E-state index is 12.0. The van der Waals surface area contributed by atoms with Crippen molar-refractivity contribution in [2.75, 3.05) is 33.1 Å². The molecule has 8 nitrogen and oxygen atoms in total. The first kappa shape index (κ1) is 16.9. The molecule has 1 aliphatic rings. The Labute approximate surface area is 130 Å². The summed E-state index contributed by atoms with van der Waals surface area (Å²) >= 11 is 0. The van der Waals surface area contributed by atoms with Crippen molar-refractivity contribution in [3.05, 3.63) is 18.0 Å². The zero-order valence-corrected chi connectivity index (χ0v) is 13.6. The molecule has 0 saturated carbocycles. The van der Waals surface area contributed by atoms with Crippen molar-refractivity contribution in [3.8, 4) is 0 Å². The van der Waals surface area contributed by atoms with E-state index in [2.05, 4.69) is 15.5 Å². The van der Waals surface area contributed by atoms with E-state index in [9.17, 15) is 13.2 Å². The average Bonchev–Trinajstić information content (AvgIpc) is 3.08. The van der Waals surface area contributed by atoms with Crippen LogP contribution in [0.4, 0.5) is 0 Å². The summed E-state index contributed by atoms with van der Waals surface area (Å²) in [7, 11) is -0.301. The minimum absolute atomic E-state index is 0.0212. The molecule has 1 fully saturated rings. The largest absolute Gasteiger partial charge is 0.379 e. The van der Waals surface area contributed by atoms with Gasteiger partial charge in [-0.25, -0.2) is 12.7 Å². The molecular formula is C13H22N4O4S. The molecular weight excluding hydrogens is 308 g/mol. The van der Waals surface area contributed by atoms with E-state index in [1.165, 1.54) is 18.4 Å². The fourth-order valence-corrected chi connectivity index (χ4v) is 3.46. The second kappa shape index (κ2) is 7.21. The van der Waals surface area contributed by atoms with E-state index >= 15 is 0 Å². The van der Waals surface area contributed by atoms with Gasteiger partial charge < -0.3 is 10.1 Å². The minimum Gasteiger partial charge on any atom is -0.379 e. The monoisotopic (exact) mass is 330 g/mol. The molecule has 1 aromatic rings. The molecule has 2 rings (SSSR count). The normalized spacial score (nSPS) is 22.1. The molecule has 0 unspecified atom stereocenters. The molecule has 0 aliphatic carbocycles. The van der Waals surface area contributed by atoms with Crippen molar-refractivity contribution in [2.45, 2.75) is 18.9 Å². The zero-order valence-electron chi connectivity index (χ0n) is 12.8. The maximum Gasteiger partial charge on any atom is 0.220 e. The fourth-order valence-electron chi connectivity index (χ4n) is 2.29. The van der Waals surface area contributed by atoms with E-state index in [-0.39, 0.29) is 23.6 Å². The maximum absolute atomic E-state index is 12.0. The van der Waals surface area contributed by atoms with Crippen molar-refractivity contribution in [1.82, 2.24) is 19.8 Å². The highest BCUT2D eigenvalue weighted by Gasteiger charge is 2.33. The quantitative estimate of drug-likeness (QED) is 0.692. The van der Waals surface area contributed by atoms with Crippen molar-refractivity contribution >= 4 is 15.9 Å². The Balaban J connectivity index is 1.84. The molecule has 2 atom stereocenters. The third-order valence-electron chi connectivity index (χ3n) is 3.72. The first-order valence-electron chi connectivity index (χ1n) is 7.13. The number of nitrogens with one attached hydrogen (secondary N) is 2. The summed E-state index contributed by atoms with van der Waals surface area (Å²) in [5.74, 6) is -0.346. The van der Waals surface area contributed by atoms with Gasteiger partial charge in [-0.3, -0.25) is 9.89 Å². The van der Waals surface area contributed by atoms with Gasteiger partial charge in [-0.2, -0.15) is 5.10 Å². The molecule has 124 valence electrons. The summed E-state index contributed by atoms with van der Waals surface area (Å²) < 4.78 is 30.4. The van der Waals surface area contributed by atoms with Crippen LogP contribution in [-0.2, 0) is 26.0 Å². The van der Waals surface area contributed by atoms with Crippen LogP contribution < -0.4 is 5.32 Å². The van der Waals surface area contributed by atoms with Crippen LogP contribution in [0, 0.1) is 5.92 Å². The first-order valence-corrected chi connectivity index (χ1v) is 8.74. The molecule has 2 heterocycles. The first-order chi connectivity index (χ1) is 10.4. The van der Waals surface area contributed by atoms with Crippen LogP contribution in [0.15, 0.2) is 12.4 Å². The predicted molar refractivity (Wildman–Crippen MR) is 80.6 cm³/mol. The number of carbonyl (C=O) groups is 1. The highest BCUT2D eigenvalue weighted by molar-refractivity contribution is 7.89. The summed E-state index contributed by atoms with van der Waals surface area (Å²) in [6.07, 6.45) is 4.36. The fraction of sp³-hybridized carbons (Fsp3) is 0.692. The van der Waals surface area contributed by atoms with Crippen molar-refractivity contribution in [2.24, 2.45) is 5.92 Å². The van der Waals surface area contributed by atoms with Crippen LogP contribution in [0.25, 0.3) is 0 Å². The molecule has 1 amide bonds. The second-order valence-corrected chi connectivity index (χ2v) is 7.87. The topological polar surface area (TPSA) is 104 Å². The van der Waals surface area contributed by atoms with E-state index in [0.29, 0.717) is 26.1 Å². The van der Waals surface area contributed by atoms with Crippen LogP contribution in [0.1, 0.15) is 12.0 Å². The molecule has 22 heavy (non-hydrogen) atoms. The van der Waals surface area contributed by atoms with E-state index < -0.39 is 10.0 Å². The Morgan fingerprint density at radius 3 is 2.91 bits per heavy atom. The van der Waals surface area contributed by atoms with Crippen LogP contribution in [0.5, 0.6) is 0 Å². The molecule has 0 aromatic carbocycles. The smallest absolute Gasteiger partial charge is 0.220 e. The lowest BCUT2D eigenvalue weighted by Gasteiger charge is -2.21. The Hall–Kier alpha value is -1.45. The summed E-state index contributed by atoms with van der Waals surface area (Å²) in [6.45, 7) is 0.699. The third-order valence-corrected chi connectivity index (χ3v) is 5.68. The standard InChI is InChI=1S/C13H22N4O4S/c1-17(2)22(19,20)9-11-7-21-8-12(11)16-13(18)4-3-10-5-14-15-6-10/h5-6,11-12H,3-4,7-9H2,1-2H3,(H,14,15)(H,16,18)/t11-,12-/m0/s1. The number of nitrogens with zero attached hydrogens (tertiary/aromatic N) is 2. The number of aromatic nitrogens is 2. The highest BCUT2D eigenvalue weighted by atomic mass is 32.2. The Kier molecular flexibility index (Phi) is 5.54. The lowest BCUT2D eigenvalue weighted by Crippen LogP contribution is -2.43. The molecule has 0 spiro atoms. The number of hydrogen-bond donors (Lipinski definition) is 2. The number of ether oxygens (including phenoxy) is 1. The molecule has 1 saturated heterocycles. The van der Waals surface area contributed by atoms with Gasteiger partial charge in [-0.05, 0) is 12.0 Å². The van der Waals surface area contributed by atoms with Gasteiger partial charge in [-0.15, -0.1) is 0 Å². The third kappa shape index (κ3) is 4.52. The molecule has 9 heteroatoms. The van der Waals surface area contributed by atoms with Crippen LogP contribution >= 0.6 is 0 Å². The number of sulfonamides is 1. The zero-order chi connectivity index (χ0) is 16.2. The van der Waals surface area contributed by atoms with E-state index in [0.717, 1.165) is 5.56 Å². The van der Waals surface area contributed by atoms with E-state index in [4.69, 9.17) is 4.74 Å². The van der Waals surface area contributed by atoms with Crippen molar-refractivity contribution in [1.29, 1.82) is 0 Å². The van der Waals surface area contributed by atoms with Gasteiger partial charge in [0, 0.05) is 32.6 Å². The number of aryl methyl sites for hydroxylation is 1. The molecule has 0 bridgehead atoms. The van der Waals surface area contributed by atoms with Gasteiger partial charge in [0.25, 0.3) is 0 Å². The SMILES string of the molecule is CN(C)S(=O)(=O)C[C@@H]1COC[C@@H]1NC(=O)CCc1cn[nH]c1. The van der Waals surface area contributed by atoms with E-state index in [1.807, 2.05) is 0 Å². The predicted octanol–water partition coefficient (Wildman–Crippen LogP) is -0.635. The minimum atomic E-state index is -3.31. The van der Waals surface area contributed by atoms with Gasteiger partial charge in [0.2, 0.25) is 15.9 Å². The van der Waals surface area contributed by atoms with Gasteiger partial charge in [0.05, 0.1) is 31.2 Å². The number of carbonyl (C=O) groups excluding carboxylic acids is 1. The Morgan fingerprint density at radius 1 is 1.50 bits per heavy atom. The summed E-state index contributed by atoms with van der Waals surface area (Å²) in [5, 5.41) is 9.40. The number of amides is 1. The number of hydrogen-bond acceptors (Lipinski definition) is 5. The molecule has 2 N–H and O–H groups in total. The van der Waals surface area contributed by atoms with Gasteiger partial charge in [0.1, 0.15) is 0 Å². The average molecular weight is 330 g/mol. The lowest BCUT2D eigenvalue weighted by molar-refractivity contribution is -0.121. The van der Waals surface area contributed by atoms with Gasteiger partial charge in [-0.1, -0.05) is 0 Å². The number of aromatic amines is 1. The molecule has 1 aromatic heterocycles. The van der Waals surface area contributed by atoms with Crippen molar-refractivity contribution < 1.29 is 17.9 Å². The Bertz CT molecular complexity index is 585. The molecule has 1 aliphatic heterocycles. The summed E-state index contributed by atoms with van der Waals surface area (Å²) in [6, 6.07) is -0.258. The van der Waals surface area contributed by atoms with Crippen LogP contribution in [0.2, 0.25) is 0 Å². The number of H-pyrrole nitrogens is 1. The molecule has 0 radical (unpaired) electrons. The van der Waals surface area contributed by atoms with Crippen LogP contribution in [-0.4, -0.2) is 67.9 Å². The summed E-state index contributed by atoms with van der Waals surface area (Å²) in [4.78, 5) is 12.0. The lowest BCUT2D eigenvalue weighted by atomic mass is 10.1. The number of rotatable bonds is 7. The second-order valence-electron chi connectivity index (χ2n) is 5.64. The van der Waals surface area contributed by atoms with Crippen molar-refractivity contribution in [3.63, 3.8) is 0 Å².